The Balaban J connectivity index is 2.00. The number of hydrogen-bond donors (Lipinski definition) is 3. The summed E-state index contributed by atoms with van der Waals surface area (Å²) >= 11 is 0. The Kier molecular flexibility index (Phi) is 5.00. The zero-order valence-electron chi connectivity index (χ0n) is 11.7. The zero-order chi connectivity index (χ0) is 15.4. The smallest absolute Gasteiger partial charge is 0.326 e. The third-order valence-corrected chi connectivity index (χ3v) is 3.97. The lowest BCUT2D eigenvalue weighted by Gasteiger charge is -2.43. The van der Waals surface area contributed by atoms with Gasteiger partial charge in [-0.25, -0.2) is 9.59 Å². The Labute approximate surface area is 122 Å². The minimum Gasteiger partial charge on any atom is -0.481 e. The maximum Gasteiger partial charge on any atom is 0.326 e. The van der Waals surface area contributed by atoms with E-state index in [9.17, 15) is 14.4 Å². The van der Waals surface area contributed by atoms with Gasteiger partial charge in [-0.1, -0.05) is 12.8 Å². The van der Waals surface area contributed by atoms with Gasteiger partial charge in [0, 0.05) is 6.54 Å². The summed E-state index contributed by atoms with van der Waals surface area (Å²) in [4.78, 5) is 35.5. The highest BCUT2D eigenvalue weighted by molar-refractivity contribution is 5.86. The molecule has 2 amide bonds. The van der Waals surface area contributed by atoms with Crippen LogP contribution in [0.3, 0.4) is 0 Å². The zero-order valence-corrected chi connectivity index (χ0v) is 11.7. The van der Waals surface area contributed by atoms with E-state index in [1.807, 2.05) is 0 Å². The quantitative estimate of drug-likeness (QED) is 0.686. The van der Waals surface area contributed by atoms with Crippen molar-refractivity contribution in [1.82, 2.24) is 10.2 Å². The Morgan fingerprint density at radius 1 is 1.24 bits per heavy atom. The van der Waals surface area contributed by atoms with Crippen LogP contribution in [0, 0.1) is 0 Å². The van der Waals surface area contributed by atoms with Crippen LogP contribution in [-0.4, -0.2) is 64.4 Å². The van der Waals surface area contributed by atoms with Gasteiger partial charge in [0.1, 0.15) is 6.04 Å². The van der Waals surface area contributed by atoms with E-state index < -0.39 is 30.4 Å². The van der Waals surface area contributed by atoms with Crippen molar-refractivity contribution in [3.05, 3.63) is 0 Å². The molecule has 21 heavy (non-hydrogen) atoms. The Bertz CT molecular complexity index is 425. The molecule has 1 aliphatic carbocycles. The summed E-state index contributed by atoms with van der Waals surface area (Å²) in [6.45, 7) is 0.817. The number of rotatable bonds is 4. The van der Waals surface area contributed by atoms with Crippen LogP contribution in [0.15, 0.2) is 0 Å². The Hall–Kier alpha value is -1.83. The molecule has 2 rings (SSSR count). The second-order valence-corrected chi connectivity index (χ2v) is 5.39. The molecule has 1 saturated carbocycles. The van der Waals surface area contributed by atoms with Gasteiger partial charge in [-0.15, -0.1) is 0 Å². The average molecular weight is 300 g/mol. The molecular weight excluding hydrogens is 280 g/mol. The highest BCUT2D eigenvalue weighted by Gasteiger charge is 2.37. The van der Waals surface area contributed by atoms with Gasteiger partial charge in [-0.05, 0) is 12.8 Å². The SMILES string of the molecule is O=C(O)C[C@H](NC(=O)N1CCOC2CCCCC21)C(=O)O. The molecule has 0 bridgehead atoms. The van der Waals surface area contributed by atoms with E-state index >= 15 is 0 Å². The normalized spacial score (nSPS) is 26.6. The number of morpholine rings is 1. The molecule has 0 spiro atoms. The number of nitrogens with one attached hydrogen (secondary N) is 1. The summed E-state index contributed by atoms with van der Waals surface area (Å²) < 4.78 is 5.65. The van der Waals surface area contributed by atoms with Crippen LogP contribution >= 0.6 is 0 Å². The molecule has 1 aliphatic heterocycles. The number of carbonyl (C=O) groups excluding carboxylic acids is 1. The van der Waals surface area contributed by atoms with E-state index in [1.54, 1.807) is 4.90 Å². The lowest BCUT2D eigenvalue weighted by atomic mass is 9.90. The van der Waals surface area contributed by atoms with Gasteiger partial charge in [-0.3, -0.25) is 4.79 Å². The summed E-state index contributed by atoms with van der Waals surface area (Å²) in [6, 6.07) is -1.99. The number of urea groups is 1. The van der Waals surface area contributed by atoms with Gasteiger partial charge in [0.05, 0.1) is 25.2 Å². The van der Waals surface area contributed by atoms with Gasteiger partial charge in [-0.2, -0.15) is 0 Å². The second kappa shape index (κ2) is 6.75. The number of fused-ring (bicyclic) bond motifs is 1. The summed E-state index contributed by atoms with van der Waals surface area (Å²) in [6.07, 6.45) is 3.15. The first-order valence-electron chi connectivity index (χ1n) is 7.12. The van der Waals surface area contributed by atoms with Crippen molar-refractivity contribution in [2.24, 2.45) is 0 Å². The van der Waals surface area contributed by atoms with E-state index in [0.717, 1.165) is 25.7 Å². The van der Waals surface area contributed by atoms with Crippen molar-refractivity contribution in [2.45, 2.75) is 50.3 Å². The van der Waals surface area contributed by atoms with Crippen molar-refractivity contribution >= 4 is 18.0 Å². The molecule has 2 unspecified atom stereocenters. The van der Waals surface area contributed by atoms with Gasteiger partial charge < -0.3 is 25.2 Å². The molecule has 8 nitrogen and oxygen atoms in total. The van der Waals surface area contributed by atoms with Crippen LogP contribution < -0.4 is 5.32 Å². The molecule has 1 heterocycles. The fraction of sp³-hybridized carbons (Fsp3) is 0.769. The first-order chi connectivity index (χ1) is 9.99. The van der Waals surface area contributed by atoms with Crippen LogP contribution in [-0.2, 0) is 14.3 Å². The van der Waals surface area contributed by atoms with Crippen molar-refractivity contribution in [3.8, 4) is 0 Å². The summed E-state index contributed by atoms with van der Waals surface area (Å²) in [5, 5.41) is 20.0. The van der Waals surface area contributed by atoms with E-state index in [0.29, 0.717) is 13.2 Å². The number of carboxylic acids is 2. The van der Waals surface area contributed by atoms with Gasteiger partial charge >= 0.3 is 18.0 Å². The molecule has 0 aromatic heterocycles. The number of amides is 2. The first kappa shape index (κ1) is 15.6. The van der Waals surface area contributed by atoms with E-state index in [2.05, 4.69) is 5.32 Å². The van der Waals surface area contributed by atoms with Crippen molar-refractivity contribution in [1.29, 1.82) is 0 Å². The van der Waals surface area contributed by atoms with E-state index in [4.69, 9.17) is 14.9 Å². The average Bonchev–Trinajstić information content (AvgIpc) is 2.45. The van der Waals surface area contributed by atoms with Crippen LogP contribution in [0.25, 0.3) is 0 Å². The monoisotopic (exact) mass is 300 g/mol. The van der Waals surface area contributed by atoms with Gasteiger partial charge in [0.25, 0.3) is 0 Å². The number of hydrogen-bond acceptors (Lipinski definition) is 4. The van der Waals surface area contributed by atoms with Crippen molar-refractivity contribution in [3.63, 3.8) is 0 Å². The first-order valence-corrected chi connectivity index (χ1v) is 7.12. The molecule has 0 aromatic carbocycles. The molecular formula is C13H20N2O6. The Morgan fingerprint density at radius 3 is 2.62 bits per heavy atom. The lowest BCUT2D eigenvalue weighted by molar-refractivity contribution is -0.145. The fourth-order valence-corrected chi connectivity index (χ4v) is 2.96. The predicted octanol–water partition coefficient (Wildman–Crippen LogP) is 0.267. The van der Waals surface area contributed by atoms with E-state index in [1.165, 1.54) is 0 Å². The predicted molar refractivity (Wildman–Crippen MR) is 70.9 cm³/mol. The van der Waals surface area contributed by atoms with Gasteiger partial charge in [0.15, 0.2) is 0 Å². The maximum absolute atomic E-state index is 12.3. The molecule has 3 atom stereocenters. The highest BCUT2D eigenvalue weighted by Crippen LogP contribution is 2.28. The molecule has 3 N–H and O–H groups in total. The molecule has 1 saturated heterocycles. The van der Waals surface area contributed by atoms with Gasteiger partial charge in [0.2, 0.25) is 0 Å². The summed E-state index contributed by atoms with van der Waals surface area (Å²) in [5.74, 6) is -2.61. The molecule has 8 heteroatoms. The molecule has 0 radical (unpaired) electrons. The third kappa shape index (κ3) is 3.84. The third-order valence-electron chi connectivity index (χ3n) is 3.97. The molecule has 0 aromatic rings. The number of aliphatic carboxylic acids is 2. The van der Waals surface area contributed by atoms with E-state index in [-0.39, 0.29) is 12.1 Å². The van der Waals surface area contributed by atoms with Crippen LogP contribution in [0.5, 0.6) is 0 Å². The lowest BCUT2D eigenvalue weighted by Crippen LogP contribution is -2.59. The van der Waals surface area contributed by atoms with Crippen LogP contribution in [0.1, 0.15) is 32.1 Å². The molecule has 2 aliphatic rings. The minimum atomic E-state index is -1.42. The van der Waals surface area contributed by atoms with Crippen LogP contribution in [0.2, 0.25) is 0 Å². The number of nitrogens with zero attached hydrogens (tertiary/aromatic N) is 1. The second-order valence-electron chi connectivity index (χ2n) is 5.39. The highest BCUT2D eigenvalue weighted by atomic mass is 16.5. The number of ether oxygens (including phenoxy) is 1. The summed E-state index contributed by atoms with van der Waals surface area (Å²) in [7, 11) is 0. The topological polar surface area (TPSA) is 116 Å². The van der Waals surface area contributed by atoms with Crippen molar-refractivity contribution < 1.29 is 29.3 Å². The largest absolute Gasteiger partial charge is 0.481 e. The minimum absolute atomic E-state index is 0.000928. The number of carbonyl (C=O) groups is 3. The molecule has 2 fully saturated rings. The maximum atomic E-state index is 12.3. The number of carboxylic acid groups (broad SMARTS) is 2. The summed E-state index contributed by atoms with van der Waals surface area (Å²) in [5.41, 5.74) is 0. The standard InChI is InChI=1S/C13H20N2O6/c16-11(17)7-8(12(18)19)14-13(20)15-5-6-21-10-4-2-1-3-9(10)15/h8-10H,1-7H2,(H,14,20)(H,16,17)(H,18,19)/t8-,9?,10?/m0/s1. The van der Waals surface area contributed by atoms with Crippen LogP contribution in [0.4, 0.5) is 4.79 Å². The molecule has 118 valence electrons. The van der Waals surface area contributed by atoms with Crippen molar-refractivity contribution in [2.75, 3.05) is 13.2 Å². The Morgan fingerprint density at radius 2 is 1.95 bits per heavy atom. The fourth-order valence-electron chi connectivity index (χ4n) is 2.96.